The second-order valence-electron chi connectivity index (χ2n) is 12.6. The zero-order valence-electron chi connectivity index (χ0n) is 21.4. The van der Waals surface area contributed by atoms with Gasteiger partial charge < -0.3 is 15.3 Å². The number of aliphatic carboxylic acids is 1. The number of carboxylic acids is 1. The average Bonchev–Trinajstić information content (AvgIpc) is 2.94. The van der Waals surface area contributed by atoms with Crippen LogP contribution in [-0.2, 0) is 4.79 Å². The number of carbonyl (C=O) groups is 1. The highest BCUT2D eigenvalue weighted by atomic mass is 16.4. The zero-order chi connectivity index (χ0) is 24.3. The minimum absolute atomic E-state index is 0.0541. The summed E-state index contributed by atoms with van der Waals surface area (Å²) < 4.78 is 0. The van der Waals surface area contributed by atoms with Gasteiger partial charge in [-0.05, 0) is 98.5 Å². The molecule has 0 saturated heterocycles. The van der Waals surface area contributed by atoms with Crippen LogP contribution in [0.15, 0.2) is 34.9 Å². The molecule has 0 bridgehead atoms. The number of allylic oxidation sites excluding steroid dienone is 5. The Balaban J connectivity index is 1.70. The van der Waals surface area contributed by atoms with E-state index >= 15 is 0 Å². The summed E-state index contributed by atoms with van der Waals surface area (Å²) >= 11 is 0. The van der Waals surface area contributed by atoms with E-state index in [4.69, 9.17) is 0 Å². The molecule has 184 valence electrons. The van der Waals surface area contributed by atoms with Gasteiger partial charge in [0.2, 0.25) is 0 Å². The van der Waals surface area contributed by atoms with Gasteiger partial charge in [0.25, 0.3) is 0 Å². The summed E-state index contributed by atoms with van der Waals surface area (Å²) in [5, 5.41) is 32.4. The number of fused-ring (bicyclic) bond motifs is 5. The zero-order valence-corrected chi connectivity index (χ0v) is 21.4. The van der Waals surface area contributed by atoms with E-state index in [1.807, 2.05) is 0 Å². The summed E-state index contributed by atoms with van der Waals surface area (Å²) in [6.45, 7) is 12.9. The lowest BCUT2D eigenvalue weighted by Gasteiger charge is -2.57. The minimum atomic E-state index is -0.727. The Morgan fingerprint density at radius 1 is 1.12 bits per heavy atom. The molecule has 4 rings (SSSR count). The van der Waals surface area contributed by atoms with Crippen molar-refractivity contribution in [3.63, 3.8) is 0 Å². The molecule has 33 heavy (non-hydrogen) atoms. The Morgan fingerprint density at radius 2 is 1.82 bits per heavy atom. The summed E-state index contributed by atoms with van der Waals surface area (Å²) in [5.41, 5.74) is 3.03. The molecular weight excluding hydrogens is 412 g/mol. The highest BCUT2D eigenvalue weighted by Gasteiger charge is 2.65. The summed E-state index contributed by atoms with van der Waals surface area (Å²) in [6, 6.07) is 0. The molecule has 0 spiro atoms. The molecule has 3 N–H and O–H groups in total. The molecule has 0 aromatic heterocycles. The number of aliphatic hydroxyl groups excluding tert-OH is 2. The maximum Gasteiger partial charge on any atom is 0.306 e. The monoisotopic (exact) mass is 456 g/mol. The van der Waals surface area contributed by atoms with Gasteiger partial charge >= 0.3 is 5.97 Å². The first-order valence-electron chi connectivity index (χ1n) is 13.0. The largest absolute Gasteiger partial charge is 0.481 e. The molecule has 0 radical (unpaired) electrons. The smallest absolute Gasteiger partial charge is 0.306 e. The van der Waals surface area contributed by atoms with Crippen LogP contribution < -0.4 is 0 Å². The third-order valence-corrected chi connectivity index (χ3v) is 10.6. The van der Waals surface area contributed by atoms with Gasteiger partial charge in [0, 0.05) is 5.41 Å². The Bertz CT molecular complexity index is 891. The van der Waals surface area contributed by atoms with Crippen LogP contribution in [0, 0.1) is 39.9 Å². The van der Waals surface area contributed by atoms with E-state index in [0.717, 1.165) is 32.1 Å². The van der Waals surface area contributed by atoms with Crippen molar-refractivity contribution in [2.24, 2.45) is 39.9 Å². The third kappa shape index (κ3) is 3.58. The molecule has 0 aromatic rings. The molecular formula is C29H44O4. The van der Waals surface area contributed by atoms with Gasteiger partial charge in [-0.25, -0.2) is 0 Å². The van der Waals surface area contributed by atoms with Gasteiger partial charge in [-0.2, -0.15) is 0 Å². The molecule has 0 aromatic carbocycles. The van der Waals surface area contributed by atoms with E-state index in [1.54, 1.807) is 0 Å². The van der Waals surface area contributed by atoms with Crippen LogP contribution in [0.3, 0.4) is 0 Å². The van der Waals surface area contributed by atoms with E-state index in [2.05, 4.69) is 59.8 Å². The Labute approximate surface area is 199 Å². The Morgan fingerprint density at radius 3 is 2.45 bits per heavy atom. The highest BCUT2D eigenvalue weighted by molar-refractivity contribution is 5.71. The predicted octanol–water partition coefficient (Wildman–Crippen LogP) is 5.90. The van der Waals surface area contributed by atoms with Crippen molar-refractivity contribution in [2.45, 2.75) is 98.7 Å². The maximum atomic E-state index is 12.4. The lowest BCUT2D eigenvalue weighted by Crippen LogP contribution is -2.52. The molecule has 0 heterocycles. The topological polar surface area (TPSA) is 77.8 Å². The second kappa shape index (κ2) is 8.37. The fourth-order valence-corrected chi connectivity index (χ4v) is 8.18. The van der Waals surface area contributed by atoms with E-state index < -0.39 is 23.4 Å². The molecule has 0 amide bonds. The molecule has 8 atom stereocenters. The maximum absolute atomic E-state index is 12.4. The van der Waals surface area contributed by atoms with Crippen molar-refractivity contribution in [3.05, 3.63) is 34.9 Å². The highest BCUT2D eigenvalue weighted by Crippen LogP contribution is 2.69. The fourth-order valence-electron chi connectivity index (χ4n) is 8.18. The van der Waals surface area contributed by atoms with Crippen molar-refractivity contribution in [2.75, 3.05) is 0 Å². The van der Waals surface area contributed by atoms with Gasteiger partial charge in [0.05, 0.1) is 18.1 Å². The van der Waals surface area contributed by atoms with Crippen LogP contribution in [0.4, 0.5) is 0 Å². The average molecular weight is 457 g/mol. The van der Waals surface area contributed by atoms with Crippen molar-refractivity contribution < 1.29 is 20.1 Å². The lowest BCUT2D eigenvalue weighted by atomic mass is 9.48. The molecule has 4 heteroatoms. The summed E-state index contributed by atoms with van der Waals surface area (Å²) in [6.07, 6.45) is 11.6. The third-order valence-electron chi connectivity index (χ3n) is 10.6. The van der Waals surface area contributed by atoms with Gasteiger partial charge in [-0.3, -0.25) is 4.79 Å². The quantitative estimate of drug-likeness (QED) is 0.450. The summed E-state index contributed by atoms with van der Waals surface area (Å²) in [4.78, 5) is 12.4. The normalized spacial score (nSPS) is 42.2. The predicted molar refractivity (Wildman–Crippen MR) is 132 cm³/mol. The van der Waals surface area contributed by atoms with Crippen LogP contribution in [0.1, 0.15) is 86.5 Å². The SMILES string of the molecule is CC(C)=CCCC(C(=O)O)C1CC(O)C2(C)C3=CCC4C(CCC(O)C4(C)C)C3=CCC12C. The first-order chi connectivity index (χ1) is 15.4. The van der Waals surface area contributed by atoms with E-state index in [0.29, 0.717) is 24.7 Å². The molecule has 4 aliphatic rings. The number of hydrogen-bond acceptors (Lipinski definition) is 3. The number of aliphatic hydroxyl groups is 2. The van der Waals surface area contributed by atoms with Crippen LogP contribution in [0.5, 0.6) is 0 Å². The first-order valence-corrected chi connectivity index (χ1v) is 13.0. The molecule has 8 unspecified atom stereocenters. The Kier molecular flexibility index (Phi) is 6.27. The van der Waals surface area contributed by atoms with Crippen LogP contribution >= 0.6 is 0 Å². The summed E-state index contributed by atoms with van der Waals surface area (Å²) in [5.74, 6) is -0.395. The second-order valence-corrected chi connectivity index (χ2v) is 12.6. The Hall–Kier alpha value is -1.39. The van der Waals surface area contributed by atoms with E-state index in [1.165, 1.54) is 16.7 Å². The molecule has 2 saturated carbocycles. The summed E-state index contributed by atoms with van der Waals surface area (Å²) in [7, 11) is 0. The number of hydrogen-bond donors (Lipinski definition) is 3. The van der Waals surface area contributed by atoms with Gasteiger partial charge in [-0.15, -0.1) is 0 Å². The van der Waals surface area contributed by atoms with Crippen LogP contribution in [0.2, 0.25) is 0 Å². The number of carboxylic acid groups (broad SMARTS) is 1. The van der Waals surface area contributed by atoms with Crippen LogP contribution in [0.25, 0.3) is 0 Å². The van der Waals surface area contributed by atoms with Crippen molar-refractivity contribution in [1.82, 2.24) is 0 Å². The van der Waals surface area contributed by atoms with Gasteiger partial charge in [0.1, 0.15) is 0 Å². The molecule has 0 aliphatic heterocycles. The van der Waals surface area contributed by atoms with E-state index in [-0.39, 0.29) is 22.9 Å². The minimum Gasteiger partial charge on any atom is -0.481 e. The molecule has 4 aliphatic carbocycles. The van der Waals surface area contributed by atoms with Crippen molar-refractivity contribution in [3.8, 4) is 0 Å². The van der Waals surface area contributed by atoms with Gasteiger partial charge in [0.15, 0.2) is 0 Å². The van der Waals surface area contributed by atoms with Gasteiger partial charge in [-0.1, -0.05) is 51.5 Å². The first kappa shape index (κ1) is 24.7. The van der Waals surface area contributed by atoms with Crippen molar-refractivity contribution >= 4 is 5.97 Å². The standard InChI is InChI=1S/C29H44O4/c1-17(2)8-7-9-20(26(32)33)23-16-25(31)29(6)22-12-11-21-18(10-13-24(30)27(21,3)4)19(22)14-15-28(23,29)5/h8,12,14,18,20-21,23-25,30-31H,7,9-11,13,15-16H2,1-6H3,(H,32,33). The number of rotatable bonds is 5. The molecule has 4 nitrogen and oxygen atoms in total. The molecule has 2 fully saturated rings. The van der Waals surface area contributed by atoms with E-state index in [9.17, 15) is 20.1 Å². The van der Waals surface area contributed by atoms with Crippen molar-refractivity contribution in [1.29, 1.82) is 0 Å². The lowest BCUT2D eigenvalue weighted by molar-refractivity contribution is -0.146. The fraction of sp³-hybridized carbons (Fsp3) is 0.759. The van der Waals surface area contributed by atoms with Crippen LogP contribution in [-0.4, -0.2) is 33.5 Å².